The van der Waals surface area contributed by atoms with Crippen LogP contribution in [0.3, 0.4) is 0 Å². The van der Waals surface area contributed by atoms with Crippen molar-refractivity contribution < 1.29 is 22.3 Å². The molecule has 1 aromatic rings. The number of alkyl halides is 3. The molecule has 1 unspecified atom stereocenters. The number of rotatable bonds is 4. The van der Waals surface area contributed by atoms with Gasteiger partial charge in [0, 0.05) is 39.7 Å². The summed E-state index contributed by atoms with van der Waals surface area (Å²) in [6.45, 7) is 2.02. The Bertz CT molecular complexity index is 583. The van der Waals surface area contributed by atoms with Crippen molar-refractivity contribution in [3.8, 4) is 0 Å². The van der Waals surface area contributed by atoms with Gasteiger partial charge in [0.15, 0.2) is 5.96 Å². The fourth-order valence-corrected chi connectivity index (χ4v) is 2.73. The highest BCUT2D eigenvalue weighted by Gasteiger charge is 2.33. The molecule has 0 aliphatic carbocycles. The highest BCUT2D eigenvalue weighted by molar-refractivity contribution is 5.79. The van der Waals surface area contributed by atoms with Gasteiger partial charge < -0.3 is 15.0 Å². The Hall–Kier alpha value is -1.83. The van der Waals surface area contributed by atoms with Gasteiger partial charge in [0.05, 0.1) is 12.2 Å². The second kappa shape index (κ2) is 7.83. The van der Waals surface area contributed by atoms with E-state index >= 15 is 0 Å². The summed E-state index contributed by atoms with van der Waals surface area (Å²) in [5.74, 6) is -0.0433. The predicted octanol–water partition coefficient (Wildman–Crippen LogP) is 2.89. The first-order chi connectivity index (χ1) is 11.3. The lowest BCUT2D eigenvalue weighted by Gasteiger charge is -2.25. The molecule has 0 spiro atoms. The molecule has 8 heteroatoms. The zero-order chi connectivity index (χ0) is 17.7. The summed E-state index contributed by atoms with van der Waals surface area (Å²) >= 11 is 0. The number of nitrogens with one attached hydrogen (secondary N) is 1. The number of ether oxygens (including phenoxy) is 1. The average molecular weight is 347 g/mol. The highest BCUT2D eigenvalue weighted by Crippen LogP contribution is 2.32. The molecule has 0 amide bonds. The molecular weight excluding hydrogens is 326 g/mol. The predicted molar refractivity (Wildman–Crippen MR) is 83.2 cm³/mol. The van der Waals surface area contributed by atoms with Crippen molar-refractivity contribution in [2.75, 3.05) is 33.9 Å². The van der Waals surface area contributed by atoms with E-state index in [0.29, 0.717) is 31.1 Å². The van der Waals surface area contributed by atoms with Crippen molar-refractivity contribution in [2.45, 2.75) is 19.1 Å². The van der Waals surface area contributed by atoms with Gasteiger partial charge in [-0.15, -0.1) is 0 Å². The third kappa shape index (κ3) is 4.83. The number of nitrogens with zero attached hydrogens (tertiary/aromatic N) is 2. The molecule has 1 saturated heterocycles. The van der Waals surface area contributed by atoms with Gasteiger partial charge in [0.25, 0.3) is 0 Å². The minimum absolute atomic E-state index is 0.0253. The van der Waals surface area contributed by atoms with Gasteiger partial charge in [0.2, 0.25) is 0 Å². The Kier molecular flexibility index (Phi) is 6.04. The molecule has 1 aliphatic heterocycles. The molecule has 1 N–H and O–H groups in total. The van der Waals surface area contributed by atoms with Crippen LogP contribution in [0.15, 0.2) is 23.2 Å². The molecule has 4 nitrogen and oxygen atoms in total. The van der Waals surface area contributed by atoms with E-state index in [9.17, 15) is 17.6 Å². The van der Waals surface area contributed by atoms with Gasteiger partial charge in [-0.05, 0) is 24.1 Å². The fourth-order valence-electron chi connectivity index (χ4n) is 2.73. The van der Waals surface area contributed by atoms with Gasteiger partial charge in [-0.1, -0.05) is 6.07 Å². The third-order valence-corrected chi connectivity index (χ3v) is 3.94. The Morgan fingerprint density at radius 2 is 2.17 bits per heavy atom. The Morgan fingerprint density at radius 3 is 2.75 bits per heavy atom. The number of halogens is 4. The molecule has 2 rings (SSSR count). The topological polar surface area (TPSA) is 36.9 Å². The Labute approximate surface area is 138 Å². The van der Waals surface area contributed by atoms with E-state index in [4.69, 9.17) is 4.74 Å². The van der Waals surface area contributed by atoms with E-state index in [1.807, 2.05) is 11.9 Å². The van der Waals surface area contributed by atoms with E-state index in [0.717, 1.165) is 25.2 Å². The fraction of sp³-hybridized carbons (Fsp3) is 0.562. The van der Waals surface area contributed by atoms with Crippen molar-refractivity contribution in [3.63, 3.8) is 0 Å². The van der Waals surface area contributed by atoms with Gasteiger partial charge in [0.1, 0.15) is 5.82 Å². The lowest BCUT2D eigenvalue weighted by molar-refractivity contribution is -0.138. The zero-order valence-corrected chi connectivity index (χ0v) is 13.7. The summed E-state index contributed by atoms with van der Waals surface area (Å²) in [4.78, 5) is 5.95. The second-order valence-corrected chi connectivity index (χ2v) is 5.81. The summed E-state index contributed by atoms with van der Waals surface area (Å²) < 4.78 is 57.5. The van der Waals surface area contributed by atoms with Gasteiger partial charge in [-0.25, -0.2) is 4.39 Å². The zero-order valence-electron chi connectivity index (χ0n) is 13.7. The molecule has 1 atom stereocenters. The Balaban J connectivity index is 2.03. The number of aliphatic imine (C=N–C) groups is 1. The van der Waals surface area contributed by atoms with Crippen LogP contribution in [0.5, 0.6) is 0 Å². The summed E-state index contributed by atoms with van der Waals surface area (Å²) in [5, 5.41) is 2.90. The normalized spacial score (nSPS) is 18.8. The largest absolute Gasteiger partial charge is 0.416 e. The average Bonchev–Trinajstić information content (AvgIpc) is 3.01. The third-order valence-electron chi connectivity index (χ3n) is 3.94. The van der Waals surface area contributed by atoms with Crippen LogP contribution in [0.25, 0.3) is 0 Å². The lowest BCUT2D eigenvalue weighted by atomic mass is 10.1. The molecular formula is C16H21F4N3O. The number of hydrogen-bond donors (Lipinski definition) is 1. The number of hydrogen-bond acceptors (Lipinski definition) is 2. The number of guanidine groups is 1. The van der Waals surface area contributed by atoms with Crippen molar-refractivity contribution in [3.05, 3.63) is 35.1 Å². The first kappa shape index (κ1) is 18.5. The van der Waals surface area contributed by atoms with E-state index in [-0.39, 0.29) is 12.1 Å². The van der Waals surface area contributed by atoms with Crippen LogP contribution in [0.1, 0.15) is 17.5 Å². The summed E-state index contributed by atoms with van der Waals surface area (Å²) in [7, 11) is 3.39. The monoisotopic (exact) mass is 347 g/mol. The van der Waals surface area contributed by atoms with Crippen LogP contribution in [-0.2, 0) is 17.5 Å². The summed E-state index contributed by atoms with van der Waals surface area (Å²) in [5.41, 5.74) is -1.00. The molecule has 0 aromatic heterocycles. The molecule has 1 aromatic carbocycles. The summed E-state index contributed by atoms with van der Waals surface area (Å²) in [6.07, 6.45) is -3.65. The van der Waals surface area contributed by atoms with Crippen LogP contribution in [0.2, 0.25) is 0 Å². The first-order valence-electron chi connectivity index (χ1n) is 7.66. The van der Waals surface area contributed by atoms with E-state index in [1.54, 1.807) is 7.05 Å². The molecule has 24 heavy (non-hydrogen) atoms. The summed E-state index contributed by atoms with van der Waals surface area (Å²) in [6, 6.07) is 2.68. The van der Waals surface area contributed by atoms with Crippen LogP contribution in [0, 0.1) is 11.7 Å². The van der Waals surface area contributed by atoms with Crippen LogP contribution >= 0.6 is 0 Å². The van der Waals surface area contributed by atoms with Gasteiger partial charge >= 0.3 is 6.18 Å². The molecule has 1 fully saturated rings. The molecule has 1 aliphatic rings. The molecule has 0 saturated carbocycles. The van der Waals surface area contributed by atoms with Crippen molar-refractivity contribution in [1.82, 2.24) is 10.2 Å². The van der Waals surface area contributed by atoms with Crippen LogP contribution in [-0.4, -0.2) is 44.7 Å². The van der Waals surface area contributed by atoms with Crippen molar-refractivity contribution in [2.24, 2.45) is 10.9 Å². The maximum absolute atomic E-state index is 13.1. The van der Waals surface area contributed by atoms with Gasteiger partial charge in [-0.3, -0.25) is 4.99 Å². The van der Waals surface area contributed by atoms with Gasteiger partial charge in [-0.2, -0.15) is 13.2 Å². The minimum Gasteiger partial charge on any atom is -0.381 e. The smallest absolute Gasteiger partial charge is 0.381 e. The lowest BCUT2D eigenvalue weighted by Crippen LogP contribution is -2.41. The standard InChI is InChI=1S/C16H21F4N3O/c1-21-15(23(2)9-11-5-6-24-10-11)22-8-12-3-4-13(17)7-14(12)16(18,19)20/h3-4,7,11H,5-6,8-10H2,1-2H3,(H,21,22). The molecule has 1 heterocycles. The van der Waals surface area contributed by atoms with Crippen LogP contribution in [0.4, 0.5) is 17.6 Å². The second-order valence-electron chi connectivity index (χ2n) is 5.81. The van der Waals surface area contributed by atoms with Crippen molar-refractivity contribution in [1.29, 1.82) is 0 Å². The molecule has 0 radical (unpaired) electrons. The van der Waals surface area contributed by atoms with Crippen molar-refractivity contribution >= 4 is 5.96 Å². The Morgan fingerprint density at radius 1 is 1.42 bits per heavy atom. The van der Waals surface area contributed by atoms with E-state index in [1.165, 1.54) is 0 Å². The van der Waals surface area contributed by atoms with E-state index < -0.39 is 17.6 Å². The van der Waals surface area contributed by atoms with Crippen LogP contribution < -0.4 is 5.32 Å². The molecule has 134 valence electrons. The van der Waals surface area contributed by atoms with E-state index in [2.05, 4.69) is 10.3 Å². The quantitative estimate of drug-likeness (QED) is 0.517. The maximum Gasteiger partial charge on any atom is 0.416 e. The minimum atomic E-state index is -4.60. The first-order valence-corrected chi connectivity index (χ1v) is 7.66. The number of benzene rings is 1. The molecule has 0 bridgehead atoms. The maximum atomic E-state index is 13.1. The SMILES string of the molecule is CN=C(NCc1ccc(F)cc1C(F)(F)F)N(C)CC1CCOC1. The highest BCUT2D eigenvalue weighted by atomic mass is 19.4.